The number of nitrogens with zero attached hydrogens (tertiary/aromatic N) is 2. The summed E-state index contributed by atoms with van der Waals surface area (Å²) in [7, 11) is 0. The highest BCUT2D eigenvalue weighted by Gasteiger charge is 2.13. The molecule has 0 spiro atoms. The van der Waals surface area contributed by atoms with Gasteiger partial charge in [0.15, 0.2) is 5.82 Å². The normalized spacial score (nSPS) is 17.7. The minimum Gasteiger partial charge on any atom is -0.315 e. The van der Waals surface area contributed by atoms with E-state index in [0.717, 1.165) is 38.3 Å². The van der Waals surface area contributed by atoms with Crippen molar-refractivity contribution in [3.8, 4) is 0 Å². The number of aryl methyl sites for hydroxylation is 1. The van der Waals surface area contributed by atoms with Crippen molar-refractivity contribution in [2.75, 3.05) is 38.0 Å². The van der Waals surface area contributed by atoms with Crippen LogP contribution in [0.1, 0.15) is 12.1 Å². The molecule has 1 aliphatic rings. The van der Waals surface area contributed by atoms with Crippen LogP contribution in [0.4, 0.5) is 5.82 Å². The standard InChI is InChI=1S/C11H19N5O/c1-9-7-10(15-14-9)13-11(17)8-16-5-2-3-12-4-6-16/h7,12H,2-6,8H2,1H3,(H2,13,14,15,17). The molecule has 94 valence electrons. The maximum Gasteiger partial charge on any atom is 0.239 e. The van der Waals surface area contributed by atoms with Crippen molar-refractivity contribution in [1.29, 1.82) is 0 Å². The molecule has 0 bridgehead atoms. The maximum atomic E-state index is 11.8. The van der Waals surface area contributed by atoms with E-state index in [9.17, 15) is 4.79 Å². The monoisotopic (exact) mass is 237 g/mol. The summed E-state index contributed by atoms with van der Waals surface area (Å²) in [5.41, 5.74) is 0.944. The summed E-state index contributed by atoms with van der Waals surface area (Å²) in [4.78, 5) is 13.9. The van der Waals surface area contributed by atoms with Crippen LogP contribution in [0.25, 0.3) is 0 Å². The molecule has 0 unspecified atom stereocenters. The lowest BCUT2D eigenvalue weighted by molar-refractivity contribution is -0.117. The highest BCUT2D eigenvalue weighted by atomic mass is 16.2. The van der Waals surface area contributed by atoms with Crippen molar-refractivity contribution < 1.29 is 4.79 Å². The molecule has 1 fully saturated rings. The average molecular weight is 237 g/mol. The van der Waals surface area contributed by atoms with Gasteiger partial charge in [-0.2, -0.15) is 5.10 Å². The number of nitrogens with one attached hydrogen (secondary N) is 3. The van der Waals surface area contributed by atoms with Crippen molar-refractivity contribution in [2.24, 2.45) is 0 Å². The van der Waals surface area contributed by atoms with Gasteiger partial charge in [-0.1, -0.05) is 0 Å². The predicted octanol–water partition coefficient (Wildman–Crippen LogP) is -0.0481. The summed E-state index contributed by atoms with van der Waals surface area (Å²) in [5, 5.41) is 12.9. The van der Waals surface area contributed by atoms with Gasteiger partial charge < -0.3 is 10.6 Å². The molecule has 1 aromatic heterocycles. The zero-order valence-electron chi connectivity index (χ0n) is 10.1. The average Bonchev–Trinajstić information content (AvgIpc) is 2.53. The van der Waals surface area contributed by atoms with E-state index >= 15 is 0 Å². The summed E-state index contributed by atoms with van der Waals surface area (Å²) >= 11 is 0. The summed E-state index contributed by atoms with van der Waals surface area (Å²) in [6, 6.07) is 1.82. The molecule has 17 heavy (non-hydrogen) atoms. The van der Waals surface area contributed by atoms with E-state index in [1.54, 1.807) is 0 Å². The van der Waals surface area contributed by atoms with Crippen LogP contribution in [-0.4, -0.2) is 53.7 Å². The number of aromatic nitrogens is 2. The first kappa shape index (κ1) is 12.1. The van der Waals surface area contributed by atoms with Gasteiger partial charge >= 0.3 is 0 Å². The van der Waals surface area contributed by atoms with Crippen LogP contribution in [0, 0.1) is 6.92 Å². The lowest BCUT2D eigenvalue weighted by Crippen LogP contribution is -2.35. The number of rotatable bonds is 3. The van der Waals surface area contributed by atoms with Crippen molar-refractivity contribution in [2.45, 2.75) is 13.3 Å². The molecule has 2 rings (SSSR count). The Labute approximate surface area is 101 Å². The zero-order chi connectivity index (χ0) is 12.1. The van der Waals surface area contributed by atoms with E-state index in [-0.39, 0.29) is 5.91 Å². The summed E-state index contributed by atoms with van der Waals surface area (Å²) in [6.07, 6.45) is 1.09. The van der Waals surface area contributed by atoms with Gasteiger partial charge in [0.25, 0.3) is 0 Å². The third-order valence-electron chi connectivity index (χ3n) is 2.77. The zero-order valence-corrected chi connectivity index (χ0v) is 10.1. The van der Waals surface area contributed by atoms with Gasteiger partial charge in [0, 0.05) is 24.8 Å². The van der Waals surface area contributed by atoms with Crippen molar-refractivity contribution >= 4 is 11.7 Å². The first-order valence-corrected chi connectivity index (χ1v) is 5.99. The number of hydrogen-bond acceptors (Lipinski definition) is 4. The Kier molecular flexibility index (Phi) is 4.11. The minimum atomic E-state index is -0.00148. The smallest absolute Gasteiger partial charge is 0.239 e. The summed E-state index contributed by atoms with van der Waals surface area (Å²) < 4.78 is 0. The highest BCUT2D eigenvalue weighted by molar-refractivity contribution is 5.91. The van der Waals surface area contributed by atoms with Gasteiger partial charge in [-0.05, 0) is 26.4 Å². The topological polar surface area (TPSA) is 73.1 Å². The van der Waals surface area contributed by atoms with Gasteiger partial charge in [0.05, 0.1) is 6.54 Å². The molecular weight excluding hydrogens is 218 g/mol. The molecule has 0 aliphatic carbocycles. The third kappa shape index (κ3) is 3.83. The fourth-order valence-electron chi connectivity index (χ4n) is 1.93. The fraction of sp³-hybridized carbons (Fsp3) is 0.636. The molecule has 0 atom stereocenters. The Balaban J connectivity index is 1.80. The first-order chi connectivity index (χ1) is 8.24. The number of aromatic amines is 1. The molecule has 0 saturated carbocycles. The van der Waals surface area contributed by atoms with E-state index < -0.39 is 0 Å². The lowest BCUT2D eigenvalue weighted by atomic mass is 10.4. The SMILES string of the molecule is Cc1cc(NC(=O)CN2CCCNCC2)n[nH]1. The van der Waals surface area contributed by atoms with Gasteiger partial charge in [-0.15, -0.1) is 0 Å². The molecule has 3 N–H and O–H groups in total. The molecular formula is C11H19N5O. The van der Waals surface area contributed by atoms with Crippen molar-refractivity contribution in [1.82, 2.24) is 20.4 Å². The summed E-state index contributed by atoms with van der Waals surface area (Å²) in [6.45, 7) is 6.23. The van der Waals surface area contributed by atoms with E-state index in [4.69, 9.17) is 0 Å². The van der Waals surface area contributed by atoms with E-state index in [1.165, 1.54) is 0 Å². The number of H-pyrrole nitrogens is 1. The maximum absolute atomic E-state index is 11.8. The molecule has 0 aromatic carbocycles. The Morgan fingerprint density at radius 1 is 1.53 bits per heavy atom. The number of amides is 1. The van der Waals surface area contributed by atoms with Crippen LogP contribution >= 0.6 is 0 Å². The minimum absolute atomic E-state index is 0.00148. The molecule has 0 radical (unpaired) electrons. The van der Waals surface area contributed by atoms with Gasteiger partial charge in [0.2, 0.25) is 5.91 Å². The molecule has 2 heterocycles. The van der Waals surface area contributed by atoms with Gasteiger partial charge in [-0.25, -0.2) is 0 Å². The Morgan fingerprint density at radius 2 is 2.41 bits per heavy atom. The number of anilines is 1. The third-order valence-corrected chi connectivity index (χ3v) is 2.77. The largest absolute Gasteiger partial charge is 0.315 e. The quantitative estimate of drug-likeness (QED) is 0.689. The van der Waals surface area contributed by atoms with Crippen LogP contribution in [0.2, 0.25) is 0 Å². The Bertz CT molecular complexity index is 368. The van der Waals surface area contributed by atoms with E-state index in [1.807, 2.05) is 13.0 Å². The second-order valence-corrected chi connectivity index (χ2v) is 4.36. The Hall–Kier alpha value is -1.40. The van der Waals surface area contributed by atoms with Gasteiger partial charge in [0.1, 0.15) is 0 Å². The highest BCUT2D eigenvalue weighted by Crippen LogP contribution is 2.04. The Morgan fingerprint density at radius 3 is 3.18 bits per heavy atom. The summed E-state index contributed by atoms with van der Waals surface area (Å²) in [5.74, 6) is 0.596. The molecule has 1 amide bonds. The van der Waals surface area contributed by atoms with Crippen LogP contribution in [-0.2, 0) is 4.79 Å². The number of hydrogen-bond donors (Lipinski definition) is 3. The van der Waals surface area contributed by atoms with Crippen molar-refractivity contribution in [3.63, 3.8) is 0 Å². The van der Waals surface area contributed by atoms with Crippen molar-refractivity contribution in [3.05, 3.63) is 11.8 Å². The molecule has 6 nitrogen and oxygen atoms in total. The fourth-order valence-corrected chi connectivity index (χ4v) is 1.93. The molecule has 1 aromatic rings. The molecule has 1 aliphatic heterocycles. The second kappa shape index (κ2) is 5.79. The van der Waals surface area contributed by atoms with Crippen LogP contribution in [0.3, 0.4) is 0 Å². The van der Waals surface area contributed by atoms with E-state index in [0.29, 0.717) is 12.4 Å². The van der Waals surface area contributed by atoms with Crippen LogP contribution in [0.15, 0.2) is 6.07 Å². The van der Waals surface area contributed by atoms with E-state index in [2.05, 4.69) is 25.7 Å². The predicted molar refractivity (Wildman–Crippen MR) is 65.9 cm³/mol. The number of carbonyl (C=O) groups excluding carboxylic acids is 1. The lowest BCUT2D eigenvalue weighted by Gasteiger charge is -2.18. The van der Waals surface area contributed by atoms with Gasteiger partial charge in [-0.3, -0.25) is 14.8 Å². The van der Waals surface area contributed by atoms with Crippen LogP contribution < -0.4 is 10.6 Å². The molecule has 1 saturated heterocycles. The van der Waals surface area contributed by atoms with Crippen LogP contribution in [0.5, 0.6) is 0 Å². The molecule has 6 heteroatoms. The number of carbonyl (C=O) groups is 1. The first-order valence-electron chi connectivity index (χ1n) is 5.99. The second-order valence-electron chi connectivity index (χ2n) is 4.36.